The van der Waals surface area contributed by atoms with E-state index in [4.69, 9.17) is 0 Å². The predicted molar refractivity (Wildman–Crippen MR) is 81.6 cm³/mol. The second-order valence-electron chi connectivity index (χ2n) is 4.93. The van der Waals surface area contributed by atoms with Crippen LogP contribution < -0.4 is 0 Å². The summed E-state index contributed by atoms with van der Waals surface area (Å²) in [5.41, 5.74) is 1.35. The van der Waals surface area contributed by atoms with Crippen LogP contribution in [0.2, 0.25) is 0 Å². The molecule has 0 fully saturated rings. The van der Waals surface area contributed by atoms with Gasteiger partial charge in [0.25, 0.3) is 0 Å². The highest BCUT2D eigenvalue weighted by Crippen LogP contribution is 2.33. The van der Waals surface area contributed by atoms with Gasteiger partial charge in [0.05, 0.1) is 21.8 Å². The first-order valence-corrected chi connectivity index (χ1v) is 7.84. The largest absolute Gasteiger partial charge is 0.492 e. The van der Waals surface area contributed by atoms with Crippen molar-refractivity contribution in [2.75, 3.05) is 6.26 Å². The predicted octanol–water partition coefficient (Wildman–Crippen LogP) is 4.15. The normalized spacial score (nSPS) is 12.0. The molecule has 0 saturated heterocycles. The van der Waals surface area contributed by atoms with Crippen molar-refractivity contribution in [3.8, 4) is 17.1 Å². The minimum atomic E-state index is -4.37. The molecule has 1 N–H and O–H groups in total. The van der Waals surface area contributed by atoms with Crippen molar-refractivity contribution in [1.82, 2.24) is 14.6 Å². The van der Waals surface area contributed by atoms with E-state index < -0.39 is 11.7 Å². The topological polar surface area (TPSA) is 50.4 Å². The zero-order valence-corrected chi connectivity index (χ0v) is 13.0. The Kier molecular flexibility index (Phi) is 3.71. The first-order chi connectivity index (χ1) is 10.8. The lowest BCUT2D eigenvalue weighted by molar-refractivity contribution is -0.137. The van der Waals surface area contributed by atoms with Crippen LogP contribution in [-0.2, 0) is 6.18 Å². The van der Waals surface area contributed by atoms with E-state index in [-0.39, 0.29) is 5.88 Å². The number of hydrogen-bond donors (Lipinski definition) is 1. The fourth-order valence-electron chi connectivity index (χ4n) is 2.30. The summed E-state index contributed by atoms with van der Waals surface area (Å²) in [5, 5.41) is 14.5. The highest BCUT2D eigenvalue weighted by molar-refractivity contribution is 7.98. The molecule has 3 rings (SSSR count). The van der Waals surface area contributed by atoms with Gasteiger partial charge < -0.3 is 5.11 Å². The Morgan fingerprint density at radius 2 is 1.83 bits per heavy atom. The third-order valence-electron chi connectivity index (χ3n) is 3.42. The van der Waals surface area contributed by atoms with E-state index in [1.54, 1.807) is 13.0 Å². The van der Waals surface area contributed by atoms with Crippen LogP contribution in [0.15, 0.2) is 35.2 Å². The van der Waals surface area contributed by atoms with E-state index in [1.165, 1.54) is 28.4 Å². The van der Waals surface area contributed by atoms with Crippen molar-refractivity contribution < 1.29 is 18.3 Å². The quantitative estimate of drug-likeness (QED) is 0.713. The number of aromatic hydroxyl groups is 1. The number of fused-ring (bicyclic) bond motifs is 1. The van der Waals surface area contributed by atoms with Gasteiger partial charge in [-0.25, -0.2) is 4.98 Å². The first-order valence-electron chi connectivity index (χ1n) is 6.62. The van der Waals surface area contributed by atoms with Gasteiger partial charge in [-0.1, -0.05) is 12.1 Å². The molecule has 0 unspecified atom stereocenters. The molecule has 1 aromatic carbocycles. The van der Waals surface area contributed by atoms with Crippen molar-refractivity contribution in [3.63, 3.8) is 0 Å². The molecule has 0 spiro atoms. The summed E-state index contributed by atoms with van der Waals surface area (Å²) >= 11 is 1.35. The molecule has 0 aliphatic rings. The Bertz CT molecular complexity index is 872. The van der Waals surface area contributed by atoms with Crippen LogP contribution in [0.3, 0.4) is 0 Å². The van der Waals surface area contributed by atoms with Gasteiger partial charge in [0.1, 0.15) is 0 Å². The summed E-state index contributed by atoms with van der Waals surface area (Å²) in [7, 11) is 0. The molecule has 0 aliphatic heterocycles. The molecular formula is C15H12F3N3OS. The number of benzene rings is 1. The second-order valence-corrected chi connectivity index (χ2v) is 5.75. The number of alkyl halides is 3. The maximum Gasteiger partial charge on any atom is 0.416 e. The standard InChI is InChI=1S/C15H12F3N3OS/c1-8-13(23-2)14(22)21-12(19-8)7-11(20-21)9-3-5-10(6-4-9)15(16,17)18/h3-7,22H,1-2H3. The van der Waals surface area contributed by atoms with Crippen LogP contribution in [0, 0.1) is 6.92 Å². The van der Waals surface area contributed by atoms with Gasteiger partial charge in [0.15, 0.2) is 5.65 Å². The Hall–Kier alpha value is -2.22. The minimum Gasteiger partial charge on any atom is -0.492 e. The van der Waals surface area contributed by atoms with Crippen LogP contribution in [-0.4, -0.2) is 26.0 Å². The van der Waals surface area contributed by atoms with Gasteiger partial charge in [0.2, 0.25) is 5.88 Å². The fraction of sp³-hybridized carbons (Fsp3) is 0.200. The molecule has 120 valence electrons. The molecule has 3 aromatic rings. The number of thioether (sulfide) groups is 1. The zero-order chi connectivity index (χ0) is 16.8. The first kappa shape index (κ1) is 15.7. The highest BCUT2D eigenvalue weighted by Gasteiger charge is 2.30. The van der Waals surface area contributed by atoms with E-state index in [0.717, 1.165) is 12.1 Å². The van der Waals surface area contributed by atoms with Crippen molar-refractivity contribution in [2.45, 2.75) is 18.0 Å². The zero-order valence-electron chi connectivity index (χ0n) is 12.2. The minimum absolute atomic E-state index is 0.0295. The molecule has 0 atom stereocenters. The lowest BCUT2D eigenvalue weighted by Gasteiger charge is -2.06. The van der Waals surface area contributed by atoms with Gasteiger partial charge in [-0.2, -0.15) is 22.8 Å². The maximum absolute atomic E-state index is 12.6. The molecule has 0 radical (unpaired) electrons. The molecule has 4 nitrogen and oxygen atoms in total. The van der Waals surface area contributed by atoms with Crippen molar-refractivity contribution >= 4 is 17.4 Å². The summed E-state index contributed by atoms with van der Waals surface area (Å²) in [4.78, 5) is 4.96. The summed E-state index contributed by atoms with van der Waals surface area (Å²) < 4.78 is 39.1. The van der Waals surface area contributed by atoms with Crippen LogP contribution >= 0.6 is 11.8 Å². The van der Waals surface area contributed by atoms with Crippen molar-refractivity contribution in [3.05, 3.63) is 41.6 Å². The highest BCUT2D eigenvalue weighted by atomic mass is 32.2. The van der Waals surface area contributed by atoms with Crippen LogP contribution in [0.5, 0.6) is 5.88 Å². The van der Waals surface area contributed by atoms with Gasteiger partial charge in [-0.15, -0.1) is 11.8 Å². The molecule has 2 aromatic heterocycles. The van der Waals surface area contributed by atoms with E-state index >= 15 is 0 Å². The van der Waals surface area contributed by atoms with Crippen LogP contribution in [0.4, 0.5) is 13.2 Å². The smallest absolute Gasteiger partial charge is 0.416 e. The third kappa shape index (κ3) is 2.74. The fourth-order valence-corrected chi connectivity index (χ4v) is 2.91. The van der Waals surface area contributed by atoms with Crippen LogP contribution in [0.1, 0.15) is 11.3 Å². The number of nitrogens with zero attached hydrogens (tertiary/aromatic N) is 3. The molecule has 0 bridgehead atoms. The molecule has 8 heteroatoms. The lowest BCUT2D eigenvalue weighted by atomic mass is 10.1. The Labute approximate surface area is 134 Å². The SMILES string of the molecule is CSc1c(C)nc2cc(-c3ccc(C(F)(F)F)cc3)nn2c1O. The van der Waals surface area contributed by atoms with Gasteiger partial charge in [0, 0.05) is 11.6 Å². The van der Waals surface area contributed by atoms with E-state index in [0.29, 0.717) is 27.5 Å². The Morgan fingerprint density at radius 3 is 2.39 bits per heavy atom. The number of halogens is 3. The molecule has 0 aliphatic carbocycles. The maximum atomic E-state index is 12.6. The van der Waals surface area contributed by atoms with E-state index in [9.17, 15) is 18.3 Å². The monoisotopic (exact) mass is 339 g/mol. The lowest BCUT2D eigenvalue weighted by Crippen LogP contribution is -2.04. The molecule has 0 saturated carbocycles. The van der Waals surface area contributed by atoms with Crippen LogP contribution in [0.25, 0.3) is 16.9 Å². The summed E-state index contributed by atoms with van der Waals surface area (Å²) in [5.74, 6) is -0.0295. The summed E-state index contributed by atoms with van der Waals surface area (Å²) in [6.45, 7) is 1.77. The summed E-state index contributed by atoms with van der Waals surface area (Å²) in [6, 6.07) is 6.34. The van der Waals surface area contributed by atoms with E-state index in [2.05, 4.69) is 10.1 Å². The third-order valence-corrected chi connectivity index (χ3v) is 4.30. The second kappa shape index (κ2) is 5.45. The molecule has 23 heavy (non-hydrogen) atoms. The van der Waals surface area contributed by atoms with Gasteiger partial charge >= 0.3 is 6.18 Å². The number of aromatic nitrogens is 3. The van der Waals surface area contributed by atoms with Crippen molar-refractivity contribution in [2.24, 2.45) is 0 Å². The Balaban J connectivity index is 2.09. The van der Waals surface area contributed by atoms with Gasteiger partial charge in [-0.05, 0) is 25.3 Å². The van der Waals surface area contributed by atoms with E-state index in [1.807, 2.05) is 6.26 Å². The molecule has 0 amide bonds. The summed E-state index contributed by atoms with van der Waals surface area (Å²) in [6.07, 6.45) is -2.56. The number of hydrogen-bond acceptors (Lipinski definition) is 4. The average Bonchev–Trinajstić information content (AvgIpc) is 2.91. The number of rotatable bonds is 2. The van der Waals surface area contributed by atoms with Crippen molar-refractivity contribution in [1.29, 1.82) is 0 Å². The average molecular weight is 339 g/mol. The van der Waals surface area contributed by atoms with Gasteiger partial charge in [-0.3, -0.25) is 0 Å². The Morgan fingerprint density at radius 1 is 1.17 bits per heavy atom. The molecular weight excluding hydrogens is 327 g/mol. The number of aryl methyl sites for hydroxylation is 1. The molecule has 2 heterocycles.